The van der Waals surface area contributed by atoms with Gasteiger partial charge < -0.3 is 25.0 Å². The Morgan fingerprint density at radius 2 is 2.15 bits per heavy atom. The van der Waals surface area contributed by atoms with E-state index in [9.17, 15) is 14.7 Å². The number of morpholine rings is 1. The number of benzene rings is 1. The summed E-state index contributed by atoms with van der Waals surface area (Å²) in [7, 11) is 0. The molecule has 0 radical (unpaired) electrons. The lowest BCUT2D eigenvalue weighted by Crippen LogP contribution is -2.50. The number of carbonyl (C=O) groups is 2. The lowest BCUT2D eigenvalue weighted by Gasteiger charge is -2.36. The molecule has 3 rings (SSSR count). The minimum atomic E-state index is -0.375. The summed E-state index contributed by atoms with van der Waals surface area (Å²) in [6.45, 7) is 4.43. The van der Waals surface area contributed by atoms with Gasteiger partial charge in [0.25, 0.3) is 11.8 Å². The monoisotopic (exact) mass is 357 g/mol. The van der Waals surface area contributed by atoms with Crippen LogP contribution in [0.4, 0.5) is 5.69 Å². The standard InChI is InChI=1S/C19H23N3O4/c1-12-5-6-14(8-17(12)21-18(24)16-4-3-7-20-16)19(25)22-9-13(2)26-15(10-22)11-23/h3-8,13,15,20,23H,9-11H2,1-2H3,(H,21,24)/t13-,15-/m0/s1. The van der Waals surface area contributed by atoms with E-state index in [4.69, 9.17) is 4.74 Å². The number of aliphatic hydroxyl groups excluding tert-OH is 1. The number of rotatable bonds is 4. The molecule has 2 aromatic rings. The molecule has 1 aliphatic rings. The van der Waals surface area contributed by atoms with Crippen LogP contribution in [-0.4, -0.2) is 58.7 Å². The van der Waals surface area contributed by atoms with Crippen molar-refractivity contribution >= 4 is 17.5 Å². The molecular weight excluding hydrogens is 334 g/mol. The van der Waals surface area contributed by atoms with Crippen LogP contribution < -0.4 is 5.32 Å². The van der Waals surface area contributed by atoms with Gasteiger partial charge in [-0.2, -0.15) is 0 Å². The summed E-state index contributed by atoms with van der Waals surface area (Å²) in [4.78, 5) is 29.6. The highest BCUT2D eigenvalue weighted by Crippen LogP contribution is 2.21. The first-order valence-electron chi connectivity index (χ1n) is 8.59. The molecular formula is C19H23N3O4. The van der Waals surface area contributed by atoms with E-state index < -0.39 is 0 Å². The Labute approximate surface area is 152 Å². The molecule has 0 bridgehead atoms. The number of hydrogen-bond acceptors (Lipinski definition) is 4. The van der Waals surface area contributed by atoms with Crippen LogP contribution in [0.15, 0.2) is 36.5 Å². The van der Waals surface area contributed by atoms with Crippen molar-refractivity contribution in [3.05, 3.63) is 53.3 Å². The summed E-state index contributed by atoms with van der Waals surface area (Å²) in [6.07, 6.45) is 1.17. The van der Waals surface area contributed by atoms with Gasteiger partial charge in [-0.05, 0) is 43.7 Å². The highest BCUT2D eigenvalue weighted by Gasteiger charge is 2.28. The molecule has 0 aliphatic carbocycles. The van der Waals surface area contributed by atoms with Crippen molar-refractivity contribution in [2.45, 2.75) is 26.1 Å². The smallest absolute Gasteiger partial charge is 0.272 e. The lowest BCUT2D eigenvalue weighted by atomic mass is 10.1. The Balaban J connectivity index is 1.78. The van der Waals surface area contributed by atoms with Crippen LogP contribution in [0.3, 0.4) is 0 Å². The Morgan fingerprint density at radius 3 is 2.85 bits per heavy atom. The molecule has 0 saturated carbocycles. The van der Waals surface area contributed by atoms with Crippen LogP contribution >= 0.6 is 0 Å². The molecule has 26 heavy (non-hydrogen) atoms. The van der Waals surface area contributed by atoms with Crippen LogP contribution in [0.25, 0.3) is 0 Å². The van der Waals surface area contributed by atoms with Crippen LogP contribution in [0.5, 0.6) is 0 Å². The van der Waals surface area contributed by atoms with Gasteiger partial charge in [-0.15, -0.1) is 0 Å². The van der Waals surface area contributed by atoms with Gasteiger partial charge in [-0.25, -0.2) is 0 Å². The van der Waals surface area contributed by atoms with Crippen LogP contribution in [0.2, 0.25) is 0 Å². The third kappa shape index (κ3) is 3.95. The molecule has 1 saturated heterocycles. The van der Waals surface area contributed by atoms with Crippen LogP contribution in [-0.2, 0) is 4.74 Å². The largest absolute Gasteiger partial charge is 0.394 e. The molecule has 3 N–H and O–H groups in total. The Hall–Kier alpha value is -2.64. The van der Waals surface area contributed by atoms with Gasteiger partial charge in [0.2, 0.25) is 0 Å². The molecule has 2 amide bonds. The second-order valence-electron chi connectivity index (χ2n) is 6.53. The first-order chi connectivity index (χ1) is 12.5. The van der Waals surface area contributed by atoms with E-state index in [0.29, 0.717) is 30.0 Å². The van der Waals surface area contributed by atoms with Crippen molar-refractivity contribution in [1.82, 2.24) is 9.88 Å². The average Bonchev–Trinajstić information content (AvgIpc) is 3.17. The fraction of sp³-hybridized carbons (Fsp3) is 0.368. The van der Waals surface area contributed by atoms with Crippen molar-refractivity contribution in [2.24, 2.45) is 0 Å². The fourth-order valence-corrected chi connectivity index (χ4v) is 3.05. The number of nitrogens with one attached hydrogen (secondary N) is 2. The number of aromatic amines is 1. The molecule has 0 unspecified atom stereocenters. The minimum absolute atomic E-state index is 0.126. The minimum Gasteiger partial charge on any atom is -0.394 e. The second-order valence-corrected chi connectivity index (χ2v) is 6.53. The topological polar surface area (TPSA) is 94.7 Å². The quantitative estimate of drug-likeness (QED) is 0.778. The van der Waals surface area contributed by atoms with E-state index in [1.165, 1.54) is 0 Å². The van der Waals surface area contributed by atoms with E-state index in [1.807, 2.05) is 19.9 Å². The first-order valence-corrected chi connectivity index (χ1v) is 8.59. The molecule has 1 fully saturated rings. The predicted octanol–water partition coefficient (Wildman–Crippen LogP) is 1.80. The van der Waals surface area contributed by atoms with E-state index in [1.54, 1.807) is 35.4 Å². The molecule has 7 nitrogen and oxygen atoms in total. The number of anilines is 1. The van der Waals surface area contributed by atoms with Crippen molar-refractivity contribution in [2.75, 3.05) is 25.0 Å². The van der Waals surface area contributed by atoms with E-state index in [2.05, 4.69) is 10.3 Å². The number of amides is 2. The number of aryl methyl sites for hydroxylation is 1. The number of ether oxygens (including phenoxy) is 1. The molecule has 0 spiro atoms. The summed E-state index contributed by atoms with van der Waals surface area (Å²) < 4.78 is 5.58. The molecule has 7 heteroatoms. The van der Waals surface area contributed by atoms with Gasteiger partial charge >= 0.3 is 0 Å². The Kier molecular flexibility index (Phi) is 5.39. The normalized spacial score (nSPS) is 20.0. The molecule has 1 aromatic heterocycles. The number of hydrogen-bond donors (Lipinski definition) is 3. The zero-order valence-electron chi connectivity index (χ0n) is 14.9. The third-order valence-electron chi connectivity index (χ3n) is 4.39. The maximum Gasteiger partial charge on any atom is 0.272 e. The van der Waals surface area contributed by atoms with Crippen LogP contribution in [0, 0.1) is 6.92 Å². The molecule has 2 heterocycles. The SMILES string of the molecule is Cc1ccc(C(=O)N2C[C@@H](CO)O[C@@H](C)C2)cc1NC(=O)c1ccc[nH]1. The van der Waals surface area contributed by atoms with Gasteiger partial charge in [0.05, 0.1) is 18.8 Å². The Bertz CT molecular complexity index is 788. The van der Waals surface area contributed by atoms with E-state index >= 15 is 0 Å². The molecule has 1 aromatic carbocycles. The summed E-state index contributed by atoms with van der Waals surface area (Å²) in [5.74, 6) is -0.406. The second kappa shape index (κ2) is 7.72. The zero-order valence-corrected chi connectivity index (χ0v) is 14.9. The van der Waals surface area contributed by atoms with Crippen molar-refractivity contribution < 1.29 is 19.4 Å². The number of aromatic nitrogens is 1. The zero-order chi connectivity index (χ0) is 18.7. The average molecular weight is 357 g/mol. The van der Waals surface area contributed by atoms with Crippen molar-refractivity contribution in [3.8, 4) is 0 Å². The molecule has 1 aliphatic heterocycles. The highest BCUT2D eigenvalue weighted by atomic mass is 16.5. The van der Waals surface area contributed by atoms with Crippen LogP contribution in [0.1, 0.15) is 33.3 Å². The van der Waals surface area contributed by atoms with Gasteiger partial charge in [-0.3, -0.25) is 9.59 Å². The van der Waals surface area contributed by atoms with E-state index in [-0.39, 0.29) is 30.6 Å². The lowest BCUT2D eigenvalue weighted by molar-refractivity contribution is -0.0858. The number of carbonyl (C=O) groups excluding carboxylic acids is 2. The van der Waals surface area contributed by atoms with Gasteiger partial charge in [0, 0.05) is 30.5 Å². The Morgan fingerprint density at radius 1 is 1.35 bits per heavy atom. The van der Waals surface area contributed by atoms with Crippen molar-refractivity contribution in [1.29, 1.82) is 0 Å². The highest BCUT2D eigenvalue weighted by molar-refractivity contribution is 6.04. The summed E-state index contributed by atoms with van der Waals surface area (Å²) in [5.41, 5.74) is 2.40. The summed E-state index contributed by atoms with van der Waals surface area (Å²) in [5, 5.41) is 12.2. The van der Waals surface area contributed by atoms with Gasteiger partial charge in [0.1, 0.15) is 5.69 Å². The van der Waals surface area contributed by atoms with Crippen molar-refractivity contribution in [3.63, 3.8) is 0 Å². The maximum absolute atomic E-state index is 12.9. The molecule has 2 atom stereocenters. The van der Waals surface area contributed by atoms with E-state index in [0.717, 1.165) is 5.56 Å². The first kappa shape index (κ1) is 18.2. The maximum atomic E-state index is 12.9. The number of nitrogens with zero attached hydrogens (tertiary/aromatic N) is 1. The van der Waals surface area contributed by atoms with Gasteiger partial charge in [-0.1, -0.05) is 6.07 Å². The molecule has 138 valence electrons. The fourth-order valence-electron chi connectivity index (χ4n) is 3.05. The predicted molar refractivity (Wildman–Crippen MR) is 97.2 cm³/mol. The summed E-state index contributed by atoms with van der Waals surface area (Å²) >= 11 is 0. The number of H-pyrrole nitrogens is 1. The number of aliphatic hydroxyl groups is 1. The summed E-state index contributed by atoms with van der Waals surface area (Å²) in [6, 6.07) is 8.68. The third-order valence-corrected chi connectivity index (χ3v) is 4.39. The van der Waals surface area contributed by atoms with Gasteiger partial charge in [0.15, 0.2) is 0 Å².